The summed E-state index contributed by atoms with van der Waals surface area (Å²) in [5.74, 6) is 1.30. The highest BCUT2D eigenvalue weighted by Crippen LogP contribution is 2.34. The Morgan fingerprint density at radius 2 is 1.82 bits per heavy atom. The van der Waals surface area contributed by atoms with Crippen LogP contribution in [0, 0.1) is 13.8 Å². The van der Waals surface area contributed by atoms with Gasteiger partial charge in [0.2, 0.25) is 0 Å². The lowest BCUT2D eigenvalue weighted by Gasteiger charge is -2.14. The lowest BCUT2D eigenvalue weighted by atomic mass is 9.96. The van der Waals surface area contributed by atoms with Gasteiger partial charge in [-0.15, -0.1) is 0 Å². The fourth-order valence-corrected chi connectivity index (χ4v) is 2.57. The first-order valence-corrected chi connectivity index (χ1v) is 7.22. The molecule has 5 nitrogen and oxygen atoms in total. The molecule has 5 heteroatoms. The van der Waals surface area contributed by atoms with Gasteiger partial charge < -0.3 is 10.5 Å². The summed E-state index contributed by atoms with van der Waals surface area (Å²) in [6.07, 6.45) is 1.45. The minimum absolute atomic E-state index is 0.449. The molecule has 0 unspecified atom stereocenters. The molecule has 2 N–H and O–H groups in total. The number of hydrogen-bond donors (Lipinski definition) is 1. The van der Waals surface area contributed by atoms with Crippen LogP contribution in [0.15, 0.2) is 30.6 Å². The second-order valence-electron chi connectivity index (χ2n) is 5.11. The molecule has 2 heterocycles. The van der Waals surface area contributed by atoms with Crippen LogP contribution in [0.4, 0.5) is 5.82 Å². The number of hydrogen-bond acceptors (Lipinski definition) is 5. The molecule has 1 aromatic carbocycles. The van der Waals surface area contributed by atoms with Crippen molar-refractivity contribution >= 4 is 16.9 Å². The van der Waals surface area contributed by atoms with Crippen LogP contribution in [0.25, 0.3) is 22.2 Å². The topological polar surface area (TPSA) is 73.9 Å². The molecule has 0 aliphatic heterocycles. The van der Waals surface area contributed by atoms with Crippen molar-refractivity contribution in [3.8, 4) is 16.9 Å². The van der Waals surface area contributed by atoms with Crippen LogP contribution in [-0.4, -0.2) is 21.6 Å². The lowest BCUT2D eigenvalue weighted by Crippen LogP contribution is -2.01. The van der Waals surface area contributed by atoms with Crippen molar-refractivity contribution in [2.24, 2.45) is 0 Å². The lowest BCUT2D eigenvalue weighted by molar-refractivity contribution is 0.340. The number of aryl methyl sites for hydroxylation is 1. The SMILES string of the molecule is CCOc1ccc(-c2c(C)c(C)nc3ncnc(N)c23)cc1. The standard InChI is InChI=1S/C17H18N4O/c1-4-22-13-7-5-12(6-8-13)14-10(2)11(3)21-17-15(14)16(18)19-9-20-17/h5-9H,4H2,1-3H3,(H2,18,19,20,21). The van der Waals surface area contributed by atoms with Crippen LogP contribution in [0.1, 0.15) is 18.2 Å². The summed E-state index contributed by atoms with van der Waals surface area (Å²) in [7, 11) is 0. The second kappa shape index (κ2) is 5.60. The minimum atomic E-state index is 0.449. The maximum absolute atomic E-state index is 6.08. The third-order valence-corrected chi connectivity index (χ3v) is 3.75. The van der Waals surface area contributed by atoms with Crippen LogP contribution in [0.2, 0.25) is 0 Å². The molecule has 0 radical (unpaired) electrons. The molecular weight excluding hydrogens is 276 g/mol. The fraction of sp³-hybridized carbons (Fsp3) is 0.235. The number of benzene rings is 1. The molecule has 22 heavy (non-hydrogen) atoms. The molecule has 0 aliphatic carbocycles. The first kappa shape index (κ1) is 14.3. The number of fused-ring (bicyclic) bond motifs is 1. The van der Waals surface area contributed by atoms with Gasteiger partial charge in [0.05, 0.1) is 12.0 Å². The summed E-state index contributed by atoms with van der Waals surface area (Å²) in [4.78, 5) is 12.9. The summed E-state index contributed by atoms with van der Waals surface area (Å²) < 4.78 is 5.50. The van der Waals surface area contributed by atoms with E-state index in [4.69, 9.17) is 10.5 Å². The van der Waals surface area contributed by atoms with Crippen molar-refractivity contribution in [3.63, 3.8) is 0 Å². The van der Waals surface area contributed by atoms with Crippen LogP contribution in [-0.2, 0) is 0 Å². The predicted molar refractivity (Wildman–Crippen MR) is 87.8 cm³/mol. The molecule has 3 rings (SSSR count). The highest BCUT2D eigenvalue weighted by Gasteiger charge is 2.15. The van der Waals surface area contributed by atoms with E-state index in [1.165, 1.54) is 6.33 Å². The van der Waals surface area contributed by atoms with Crippen LogP contribution >= 0.6 is 0 Å². The predicted octanol–water partition coefficient (Wildman–Crippen LogP) is 3.29. The molecular formula is C17H18N4O. The Hall–Kier alpha value is -2.69. The zero-order chi connectivity index (χ0) is 15.7. The highest BCUT2D eigenvalue weighted by molar-refractivity contribution is 6.00. The molecule has 0 bridgehead atoms. The highest BCUT2D eigenvalue weighted by atomic mass is 16.5. The first-order chi connectivity index (χ1) is 10.6. The Kier molecular flexibility index (Phi) is 3.63. The Bertz CT molecular complexity index is 828. The molecule has 3 aromatic rings. The number of nitrogens with zero attached hydrogens (tertiary/aromatic N) is 3. The quantitative estimate of drug-likeness (QED) is 0.802. The number of pyridine rings is 1. The molecule has 112 valence electrons. The van der Waals surface area contributed by atoms with Gasteiger partial charge in [-0.25, -0.2) is 15.0 Å². The number of nitrogens with two attached hydrogens (primary N) is 1. The van der Waals surface area contributed by atoms with Crippen molar-refractivity contribution in [1.29, 1.82) is 0 Å². The van der Waals surface area contributed by atoms with E-state index in [0.717, 1.165) is 33.5 Å². The van der Waals surface area contributed by atoms with Crippen molar-refractivity contribution < 1.29 is 4.74 Å². The van der Waals surface area contributed by atoms with Gasteiger partial charge >= 0.3 is 0 Å². The van der Waals surface area contributed by atoms with Crippen molar-refractivity contribution in [3.05, 3.63) is 41.9 Å². The average molecular weight is 294 g/mol. The van der Waals surface area contributed by atoms with Gasteiger partial charge in [-0.2, -0.15) is 0 Å². The van der Waals surface area contributed by atoms with E-state index < -0.39 is 0 Å². The zero-order valence-corrected chi connectivity index (χ0v) is 12.9. The molecule has 0 atom stereocenters. The van der Waals surface area contributed by atoms with E-state index in [-0.39, 0.29) is 0 Å². The second-order valence-corrected chi connectivity index (χ2v) is 5.11. The van der Waals surface area contributed by atoms with Gasteiger partial charge in [-0.3, -0.25) is 0 Å². The molecule has 0 spiro atoms. The van der Waals surface area contributed by atoms with E-state index in [0.29, 0.717) is 18.1 Å². The smallest absolute Gasteiger partial charge is 0.165 e. The number of aromatic nitrogens is 3. The number of rotatable bonds is 3. The van der Waals surface area contributed by atoms with Gasteiger partial charge in [0.1, 0.15) is 17.9 Å². The maximum atomic E-state index is 6.08. The van der Waals surface area contributed by atoms with Gasteiger partial charge in [0, 0.05) is 11.3 Å². The van der Waals surface area contributed by atoms with E-state index in [1.54, 1.807) is 0 Å². The molecule has 2 aromatic heterocycles. The molecule has 0 aliphatic rings. The molecule has 0 amide bonds. The van der Waals surface area contributed by atoms with Gasteiger partial charge in [-0.05, 0) is 44.0 Å². The summed E-state index contributed by atoms with van der Waals surface area (Å²) >= 11 is 0. The van der Waals surface area contributed by atoms with Crippen molar-refractivity contribution in [2.75, 3.05) is 12.3 Å². The first-order valence-electron chi connectivity index (χ1n) is 7.22. The van der Waals surface area contributed by atoms with Gasteiger partial charge in [0.25, 0.3) is 0 Å². The van der Waals surface area contributed by atoms with E-state index >= 15 is 0 Å². The van der Waals surface area contributed by atoms with Gasteiger partial charge in [0.15, 0.2) is 5.65 Å². The maximum Gasteiger partial charge on any atom is 0.165 e. The monoisotopic (exact) mass is 294 g/mol. The fourth-order valence-electron chi connectivity index (χ4n) is 2.57. The average Bonchev–Trinajstić information content (AvgIpc) is 2.51. The number of anilines is 1. The largest absolute Gasteiger partial charge is 0.494 e. The van der Waals surface area contributed by atoms with Crippen LogP contribution < -0.4 is 10.5 Å². The Labute approximate surface area is 129 Å². The summed E-state index contributed by atoms with van der Waals surface area (Å²) in [6, 6.07) is 7.97. The summed E-state index contributed by atoms with van der Waals surface area (Å²) in [5, 5.41) is 0.801. The zero-order valence-electron chi connectivity index (χ0n) is 12.9. The Morgan fingerprint density at radius 1 is 1.09 bits per heavy atom. The van der Waals surface area contributed by atoms with E-state index in [9.17, 15) is 0 Å². The van der Waals surface area contributed by atoms with Gasteiger partial charge in [-0.1, -0.05) is 12.1 Å². The minimum Gasteiger partial charge on any atom is -0.494 e. The summed E-state index contributed by atoms with van der Waals surface area (Å²) in [5.41, 5.74) is 10.8. The summed E-state index contributed by atoms with van der Waals surface area (Å²) in [6.45, 7) is 6.64. The third-order valence-electron chi connectivity index (χ3n) is 3.75. The van der Waals surface area contributed by atoms with E-state index in [2.05, 4.69) is 15.0 Å². The molecule has 0 saturated carbocycles. The normalized spacial score (nSPS) is 10.9. The third kappa shape index (κ3) is 2.35. The number of nitrogen functional groups attached to an aromatic ring is 1. The van der Waals surface area contributed by atoms with Crippen LogP contribution in [0.3, 0.4) is 0 Å². The van der Waals surface area contributed by atoms with E-state index in [1.807, 2.05) is 45.0 Å². The Balaban J connectivity index is 2.27. The molecule has 0 fully saturated rings. The number of ether oxygens (including phenoxy) is 1. The van der Waals surface area contributed by atoms with Crippen molar-refractivity contribution in [1.82, 2.24) is 15.0 Å². The molecule has 0 saturated heterocycles. The Morgan fingerprint density at radius 3 is 2.50 bits per heavy atom. The van der Waals surface area contributed by atoms with Crippen molar-refractivity contribution in [2.45, 2.75) is 20.8 Å². The van der Waals surface area contributed by atoms with Crippen LogP contribution in [0.5, 0.6) is 5.75 Å².